The van der Waals surface area contributed by atoms with Crippen molar-refractivity contribution in [2.75, 3.05) is 13.7 Å². The van der Waals surface area contributed by atoms with E-state index in [0.29, 0.717) is 16.6 Å². The Morgan fingerprint density at radius 2 is 2.00 bits per heavy atom. The van der Waals surface area contributed by atoms with Crippen molar-refractivity contribution in [2.24, 2.45) is 0 Å². The van der Waals surface area contributed by atoms with Gasteiger partial charge in [-0.1, -0.05) is 16.8 Å². The number of nitrogens with zero attached hydrogens (tertiary/aromatic N) is 6. The number of hydrogen-bond acceptors (Lipinski definition) is 7. The highest BCUT2D eigenvalue weighted by Crippen LogP contribution is 2.30. The largest absolute Gasteiger partial charge is 0.383 e. The molecule has 1 unspecified atom stereocenters. The van der Waals surface area contributed by atoms with Crippen molar-refractivity contribution in [1.82, 2.24) is 24.1 Å². The molecule has 5 rings (SSSR count). The Bertz CT molecular complexity index is 1650. The molecule has 0 bridgehead atoms. The maximum atomic E-state index is 13.8. The lowest BCUT2D eigenvalue weighted by Gasteiger charge is -2.19. The second-order valence-corrected chi connectivity index (χ2v) is 8.03. The summed E-state index contributed by atoms with van der Waals surface area (Å²) in [5.41, 5.74) is 1.61. The molecule has 2 aromatic carbocycles. The van der Waals surface area contributed by atoms with E-state index in [-0.39, 0.29) is 40.1 Å². The Kier molecular flexibility index (Phi) is 5.36. The van der Waals surface area contributed by atoms with Gasteiger partial charge >= 0.3 is 0 Å². The van der Waals surface area contributed by atoms with Crippen LogP contribution in [-0.4, -0.2) is 37.8 Å². The minimum Gasteiger partial charge on any atom is -0.383 e. The molecule has 0 aliphatic heterocycles. The van der Waals surface area contributed by atoms with Gasteiger partial charge in [0.15, 0.2) is 0 Å². The first-order valence-electron chi connectivity index (χ1n) is 10.2. The Balaban J connectivity index is 1.79. The SMILES string of the molecule is COCC(C)n1c(=O)c2c(-c3noc(-c4ccc(F)cc4)n3)ncn2c2ccc(Cl)c(C#N)c21. The highest BCUT2D eigenvalue weighted by atomic mass is 35.5. The highest BCUT2D eigenvalue weighted by Gasteiger charge is 2.25. The molecule has 0 aliphatic rings. The van der Waals surface area contributed by atoms with Gasteiger partial charge in [0.25, 0.3) is 11.4 Å². The molecule has 0 radical (unpaired) electrons. The summed E-state index contributed by atoms with van der Waals surface area (Å²) in [6.45, 7) is 2.03. The average Bonchev–Trinajstić information content (AvgIpc) is 3.48. The molecule has 0 fully saturated rings. The van der Waals surface area contributed by atoms with Crippen LogP contribution in [0.4, 0.5) is 4.39 Å². The number of nitriles is 1. The van der Waals surface area contributed by atoms with Crippen molar-refractivity contribution in [1.29, 1.82) is 5.26 Å². The van der Waals surface area contributed by atoms with Gasteiger partial charge in [0.1, 0.15) is 29.4 Å². The number of benzene rings is 2. The molecule has 0 spiro atoms. The summed E-state index contributed by atoms with van der Waals surface area (Å²) in [6, 6.07) is 10.6. The standard InChI is InChI=1S/C23H16ClFN6O3/c1-12(10-33-2)31-19-15(9-26)16(24)7-8-17(19)30-11-27-18(20(30)23(31)32)21-28-22(34-29-21)13-3-5-14(25)6-4-13/h3-8,11-12H,10H2,1-2H3. The molecular formula is C23H16ClFN6O3. The first-order chi connectivity index (χ1) is 16.4. The fraction of sp³-hybridized carbons (Fsp3) is 0.174. The fourth-order valence-electron chi connectivity index (χ4n) is 3.98. The summed E-state index contributed by atoms with van der Waals surface area (Å²) in [4.78, 5) is 22.5. The van der Waals surface area contributed by atoms with Crippen LogP contribution < -0.4 is 5.56 Å². The number of methoxy groups -OCH3 is 1. The van der Waals surface area contributed by atoms with E-state index in [0.717, 1.165) is 0 Å². The van der Waals surface area contributed by atoms with Crippen LogP contribution in [0, 0.1) is 17.1 Å². The number of halogens is 2. The molecular weight excluding hydrogens is 463 g/mol. The van der Waals surface area contributed by atoms with Crippen LogP contribution in [-0.2, 0) is 4.74 Å². The number of rotatable bonds is 5. The lowest BCUT2D eigenvalue weighted by atomic mass is 10.1. The molecule has 11 heteroatoms. The third-order valence-electron chi connectivity index (χ3n) is 5.48. The predicted molar refractivity (Wildman–Crippen MR) is 122 cm³/mol. The maximum Gasteiger partial charge on any atom is 0.278 e. The maximum absolute atomic E-state index is 13.8. The van der Waals surface area contributed by atoms with Crippen LogP contribution >= 0.6 is 11.6 Å². The Labute approximate surface area is 196 Å². The topological polar surface area (TPSA) is 111 Å². The zero-order chi connectivity index (χ0) is 24.0. The Morgan fingerprint density at radius 3 is 2.71 bits per heavy atom. The van der Waals surface area contributed by atoms with Crippen LogP contribution in [0.25, 0.3) is 39.5 Å². The van der Waals surface area contributed by atoms with Gasteiger partial charge in [0.2, 0.25) is 5.82 Å². The Morgan fingerprint density at radius 1 is 1.24 bits per heavy atom. The van der Waals surface area contributed by atoms with E-state index in [9.17, 15) is 14.4 Å². The summed E-state index contributed by atoms with van der Waals surface area (Å²) < 4.78 is 26.9. The molecule has 170 valence electrons. The van der Waals surface area contributed by atoms with E-state index in [2.05, 4.69) is 21.2 Å². The van der Waals surface area contributed by atoms with E-state index < -0.39 is 17.4 Å². The minimum atomic E-state index is -0.420. The lowest BCUT2D eigenvalue weighted by molar-refractivity contribution is 0.162. The normalized spacial score (nSPS) is 12.3. The molecule has 0 aliphatic carbocycles. The van der Waals surface area contributed by atoms with E-state index in [1.807, 2.05) is 0 Å². The van der Waals surface area contributed by atoms with Gasteiger partial charge < -0.3 is 9.26 Å². The van der Waals surface area contributed by atoms with E-state index >= 15 is 0 Å². The summed E-state index contributed by atoms with van der Waals surface area (Å²) in [5, 5.41) is 14.0. The Hall–Kier alpha value is -4.07. The molecule has 0 amide bonds. The molecule has 9 nitrogen and oxygen atoms in total. The van der Waals surface area contributed by atoms with Gasteiger partial charge in [-0.25, -0.2) is 9.37 Å². The van der Waals surface area contributed by atoms with Crippen molar-refractivity contribution < 1.29 is 13.7 Å². The fourth-order valence-corrected chi connectivity index (χ4v) is 4.18. The average molecular weight is 479 g/mol. The summed E-state index contributed by atoms with van der Waals surface area (Å²) in [7, 11) is 1.53. The van der Waals surface area contributed by atoms with Gasteiger partial charge in [-0.05, 0) is 43.3 Å². The third kappa shape index (κ3) is 3.34. The van der Waals surface area contributed by atoms with Gasteiger partial charge in [-0.15, -0.1) is 0 Å². The predicted octanol–water partition coefficient (Wildman–Crippen LogP) is 4.24. The molecule has 34 heavy (non-hydrogen) atoms. The summed E-state index contributed by atoms with van der Waals surface area (Å²) in [5.74, 6) is -0.139. The number of aromatic nitrogens is 5. The molecule has 0 saturated heterocycles. The molecule has 3 heterocycles. The van der Waals surface area contributed by atoms with Gasteiger partial charge in [-0.3, -0.25) is 13.8 Å². The van der Waals surface area contributed by atoms with Crippen molar-refractivity contribution in [2.45, 2.75) is 13.0 Å². The zero-order valence-electron chi connectivity index (χ0n) is 18.0. The van der Waals surface area contributed by atoms with E-state index in [1.165, 1.54) is 42.3 Å². The highest BCUT2D eigenvalue weighted by molar-refractivity contribution is 6.32. The second-order valence-electron chi connectivity index (χ2n) is 7.62. The summed E-state index contributed by atoms with van der Waals surface area (Å²) >= 11 is 6.28. The van der Waals surface area contributed by atoms with E-state index in [1.54, 1.807) is 23.5 Å². The van der Waals surface area contributed by atoms with Crippen molar-refractivity contribution >= 4 is 28.2 Å². The van der Waals surface area contributed by atoms with Crippen LogP contribution in [0.3, 0.4) is 0 Å². The van der Waals surface area contributed by atoms with Gasteiger partial charge in [-0.2, -0.15) is 10.2 Å². The summed E-state index contributed by atoms with van der Waals surface area (Å²) in [6.07, 6.45) is 1.46. The first kappa shape index (κ1) is 21.8. The number of imidazole rings is 1. The van der Waals surface area contributed by atoms with Crippen molar-refractivity contribution in [3.8, 4) is 29.0 Å². The third-order valence-corrected chi connectivity index (χ3v) is 5.80. The van der Waals surface area contributed by atoms with Crippen LogP contribution in [0.1, 0.15) is 18.5 Å². The molecule has 5 aromatic rings. The number of fused-ring (bicyclic) bond motifs is 3. The number of hydrogen-bond donors (Lipinski definition) is 0. The zero-order valence-corrected chi connectivity index (χ0v) is 18.7. The quantitative estimate of drug-likeness (QED) is 0.371. The second kappa shape index (κ2) is 8.37. The molecule has 0 saturated carbocycles. The molecule has 0 N–H and O–H groups in total. The van der Waals surface area contributed by atoms with Crippen LogP contribution in [0.15, 0.2) is 52.0 Å². The minimum absolute atomic E-state index is 0.0960. The van der Waals surface area contributed by atoms with Crippen LogP contribution in [0.5, 0.6) is 0 Å². The van der Waals surface area contributed by atoms with Gasteiger partial charge in [0.05, 0.1) is 34.3 Å². The molecule has 3 aromatic heterocycles. The van der Waals surface area contributed by atoms with E-state index in [4.69, 9.17) is 20.9 Å². The first-order valence-corrected chi connectivity index (χ1v) is 10.5. The van der Waals surface area contributed by atoms with Crippen LogP contribution in [0.2, 0.25) is 5.02 Å². The number of ether oxygens (including phenoxy) is 1. The van der Waals surface area contributed by atoms with Gasteiger partial charge in [0, 0.05) is 12.7 Å². The monoisotopic (exact) mass is 478 g/mol. The lowest BCUT2D eigenvalue weighted by Crippen LogP contribution is -2.28. The molecule has 1 atom stereocenters. The van der Waals surface area contributed by atoms with Crippen molar-refractivity contribution in [3.63, 3.8) is 0 Å². The van der Waals surface area contributed by atoms with Crippen molar-refractivity contribution in [3.05, 3.63) is 69.5 Å². The smallest absolute Gasteiger partial charge is 0.278 e.